The van der Waals surface area contributed by atoms with Crippen molar-refractivity contribution in [2.24, 2.45) is 7.05 Å². The molecule has 1 N–H and O–H groups in total. The van der Waals surface area contributed by atoms with Crippen LogP contribution < -0.4 is 10.2 Å². The Morgan fingerprint density at radius 2 is 2.16 bits per heavy atom. The van der Waals surface area contributed by atoms with E-state index in [1.165, 1.54) is 0 Å². The summed E-state index contributed by atoms with van der Waals surface area (Å²) in [6.07, 6.45) is 1.88. The second-order valence-electron chi connectivity index (χ2n) is 4.49. The summed E-state index contributed by atoms with van der Waals surface area (Å²) in [5, 5.41) is 4.06. The van der Waals surface area contributed by atoms with Crippen molar-refractivity contribution >= 4 is 39.2 Å². The lowest BCUT2D eigenvalue weighted by Gasteiger charge is -2.13. The van der Waals surface area contributed by atoms with Crippen molar-refractivity contribution in [3.05, 3.63) is 39.6 Å². The minimum absolute atomic E-state index is 0.709. The molecule has 0 amide bonds. The smallest absolute Gasteiger partial charge is 0.204 e. The lowest BCUT2D eigenvalue weighted by molar-refractivity contribution is 0.814. The maximum absolute atomic E-state index is 5.97. The van der Waals surface area contributed by atoms with Crippen LogP contribution >= 0.6 is 27.5 Å². The van der Waals surface area contributed by atoms with Gasteiger partial charge in [0, 0.05) is 31.3 Å². The fourth-order valence-corrected chi connectivity index (χ4v) is 2.31. The van der Waals surface area contributed by atoms with E-state index in [1.54, 1.807) is 0 Å². The van der Waals surface area contributed by atoms with E-state index in [2.05, 4.69) is 30.8 Å². The van der Waals surface area contributed by atoms with Gasteiger partial charge in [0.25, 0.3) is 0 Å². The lowest BCUT2D eigenvalue weighted by Crippen LogP contribution is -2.15. The molecule has 0 aliphatic heterocycles. The fourth-order valence-electron chi connectivity index (χ4n) is 1.81. The molecule has 0 aliphatic rings. The van der Waals surface area contributed by atoms with Crippen LogP contribution in [0.2, 0.25) is 5.02 Å². The Morgan fingerprint density at radius 3 is 2.74 bits per heavy atom. The summed E-state index contributed by atoms with van der Waals surface area (Å²) in [4.78, 5) is 6.37. The molecule has 19 heavy (non-hydrogen) atoms. The normalized spacial score (nSPS) is 10.6. The second-order valence-corrected chi connectivity index (χ2v) is 5.75. The zero-order chi connectivity index (χ0) is 14.0. The minimum atomic E-state index is 0.709. The molecule has 0 fully saturated rings. The third kappa shape index (κ3) is 3.22. The Morgan fingerprint density at radius 1 is 1.42 bits per heavy atom. The van der Waals surface area contributed by atoms with Gasteiger partial charge in [-0.2, -0.15) is 0 Å². The first-order chi connectivity index (χ1) is 8.99. The van der Waals surface area contributed by atoms with Crippen molar-refractivity contribution in [2.75, 3.05) is 24.3 Å². The molecule has 0 saturated carbocycles. The highest BCUT2D eigenvalue weighted by atomic mass is 79.9. The molecule has 4 nitrogen and oxygen atoms in total. The van der Waals surface area contributed by atoms with E-state index < -0.39 is 0 Å². The topological polar surface area (TPSA) is 33.1 Å². The van der Waals surface area contributed by atoms with E-state index in [0.29, 0.717) is 11.6 Å². The predicted octanol–water partition coefficient (Wildman–Crippen LogP) is 3.51. The van der Waals surface area contributed by atoms with Gasteiger partial charge in [-0.15, -0.1) is 0 Å². The molecule has 102 valence electrons. The first-order valence-electron chi connectivity index (χ1n) is 5.86. The van der Waals surface area contributed by atoms with Crippen LogP contribution in [-0.2, 0) is 13.6 Å². The summed E-state index contributed by atoms with van der Waals surface area (Å²) in [6, 6.07) is 5.78. The molecule has 0 saturated heterocycles. The SMILES string of the molecule is CN(C)c1ncc(CNc2ccc(Cl)c(Br)c2)n1C. The number of aromatic nitrogens is 2. The summed E-state index contributed by atoms with van der Waals surface area (Å²) in [5.74, 6) is 0.939. The molecule has 2 aromatic rings. The Labute approximate surface area is 126 Å². The van der Waals surface area contributed by atoms with Crippen LogP contribution in [0.25, 0.3) is 0 Å². The monoisotopic (exact) mass is 342 g/mol. The molecule has 1 aromatic carbocycles. The molecule has 0 aliphatic carbocycles. The molecule has 0 atom stereocenters. The summed E-state index contributed by atoms with van der Waals surface area (Å²) < 4.78 is 2.95. The minimum Gasteiger partial charge on any atom is -0.379 e. The molecular weight excluding hydrogens is 328 g/mol. The van der Waals surface area contributed by atoms with Gasteiger partial charge >= 0.3 is 0 Å². The first kappa shape index (κ1) is 14.2. The van der Waals surface area contributed by atoms with Crippen molar-refractivity contribution in [3.8, 4) is 0 Å². The molecule has 0 bridgehead atoms. The summed E-state index contributed by atoms with van der Waals surface area (Å²) in [6.45, 7) is 0.714. The Hall–Kier alpha value is -1.20. The predicted molar refractivity (Wildman–Crippen MR) is 84.0 cm³/mol. The van der Waals surface area contributed by atoms with Gasteiger partial charge in [-0.1, -0.05) is 11.6 Å². The highest BCUT2D eigenvalue weighted by Crippen LogP contribution is 2.25. The quantitative estimate of drug-likeness (QED) is 0.922. The largest absolute Gasteiger partial charge is 0.379 e. The summed E-state index contributed by atoms with van der Waals surface area (Å²) in [7, 11) is 5.98. The van der Waals surface area contributed by atoms with E-state index in [9.17, 15) is 0 Å². The van der Waals surface area contributed by atoms with Crippen molar-refractivity contribution in [1.82, 2.24) is 9.55 Å². The second kappa shape index (κ2) is 5.84. The van der Waals surface area contributed by atoms with Gasteiger partial charge in [-0.3, -0.25) is 0 Å². The Bertz CT molecular complexity index is 580. The van der Waals surface area contributed by atoms with E-state index in [4.69, 9.17) is 11.6 Å². The van der Waals surface area contributed by atoms with Gasteiger partial charge in [0.2, 0.25) is 5.95 Å². The van der Waals surface area contributed by atoms with Crippen LogP contribution in [0.15, 0.2) is 28.9 Å². The van der Waals surface area contributed by atoms with Gasteiger partial charge in [-0.25, -0.2) is 4.98 Å². The molecule has 1 aromatic heterocycles. The number of anilines is 2. The number of hydrogen-bond donors (Lipinski definition) is 1. The fraction of sp³-hybridized carbons (Fsp3) is 0.308. The third-order valence-corrected chi connectivity index (χ3v) is 4.07. The number of halogens is 2. The maximum atomic E-state index is 5.97. The zero-order valence-electron chi connectivity index (χ0n) is 11.1. The van der Waals surface area contributed by atoms with E-state index in [1.807, 2.05) is 50.4 Å². The van der Waals surface area contributed by atoms with Gasteiger partial charge < -0.3 is 14.8 Å². The van der Waals surface area contributed by atoms with Crippen LogP contribution in [-0.4, -0.2) is 23.6 Å². The summed E-state index contributed by atoms with van der Waals surface area (Å²) >= 11 is 9.38. The first-order valence-corrected chi connectivity index (χ1v) is 7.03. The van der Waals surface area contributed by atoms with Gasteiger partial charge in [0.05, 0.1) is 23.5 Å². The maximum Gasteiger partial charge on any atom is 0.204 e. The highest BCUT2D eigenvalue weighted by Gasteiger charge is 2.07. The zero-order valence-corrected chi connectivity index (χ0v) is 13.5. The van der Waals surface area contributed by atoms with E-state index in [0.717, 1.165) is 21.8 Å². The molecular formula is C13H16BrClN4. The van der Waals surface area contributed by atoms with E-state index >= 15 is 0 Å². The van der Waals surface area contributed by atoms with Gasteiger partial charge in [0.15, 0.2) is 0 Å². The number of benzene rings is 1. The van der Waals surface area contributed by atoms with Crippen molar-refractivity contribution in [3.63, 3.8) is 0 Å². The molecule has 2 rings (SSSR count). The van der Waals surface area contributed by atoms with Crippen molar-refractivity contribution in [1.29, 1.82) is 0 Å². The standard InChI is InChI=1S/C13H16BrClN4/c1-18(2)13-17-8-10(19(13)3)7-16-9-4-5-12(15)11(14)6-9/h4-6,8,16H,7H2,1-3H3. The van der Waals surface area contributed by atoms with Crippen molar-refractivity contribution in [2.45, 2.75) is 6.54 Å². The Balaban J connectivity index is 2.08. The van der Waals surface area contributed by atoms with Gasteiger partial charge in [0.1, 0.15) is 0 Å². The molecule has 6 heteroatoms. The molecule has 1 heterocycles. The number of nitrogens with one attached hydrogen (secondary N) is 1. The van der Waals surface area contributed by atoms with Crippen LogP contribution in [0, 0.1) is 0 Å². The van der Waals surface area contributed by atoms with Crippen LogP contribution in [0.4, 0.5) is 11.6 Å². The number of nitrogens with zero attached hydrogens (tertiary/aromatic N) is 3. The molecule has 0 radical (unpaired) electrons. The van der Waals surface area contributed by atoms with Crippen LogP contribution in [0.5, 0.6) is 0 Å². The molecule has 0 unspecified atom stereocenters. The average molecular weight is 344 g/mol. The third-order valence-electron chi connectivity index (χ3n) is 2.85. The summed E-state index contributed by atoms with van der Waals surface area (Å²) in [5.41, 5.74) is 2.14. The van der Waals surface area contributed by atoms with Crippen molar-refractivity contribution < 1.29 is 0 Å². The van der Waals surface area contributed by atoms with Crippen LogP contribution in [0.1, 0.15) is 5.69 Å². The lowest BCUT2D eigenvalue weighted by atomic mass is 10.3. The highest BCUT2D eigenvalue weighted by molar-refractivity contribution is 9.10. The number of imidazole rings is 1. The van der Waals surface area contributed by atoms with E-state index in [-0.39, 0.29) is 0 Å². The number of hydrogen-bond acceptors (Lipinski definition) is 3. The van der Waals surface area contributed by atoms with Crippen LogP contribution in [0.3, 0.4) is 0 Å². The number of rotatable bonds is 4. The van der Waals surface area contributed by atoms with Gasteiger partial charge in [-0.05, 0) is 34.1 Å². The Kier molecular flexibility index (Phi) is 4.37. The molecule has 0 spiro atoms. The average Bonchev–Trinajstić information content (AvgIpc) is 2.72.